The first-order chi connectivity index (χ1) is 15.1. The number of piperidine rings is 1. The van der Waals surface area contributed by atoms with Crippen molar-refractivity contribution >= 4 is 21.8 Å². The van der Waals surface area contributed by atoms with Gasteiger partial charge >= 0.3 is 6.36 Å². The Bertz CT molecular complexity index is 1070. The molecule has 0 aliphatic carbocycles. The third kappa shape index (κ3) is 5.95. The minimum absolute atomic E-state index is 0.0149. The molecule has 2 amide bonds. The van der Waals surface area contributed by atoms with E-state index in [0.29, 0.717) is 0 Å². The average Bonchev–Trinajstić information content (AvgIpc) is 2.77. The van der Waals surface area contributed by atoms with Crippen LogP contribution in [0.2, 0.25) is 0 Å². The highest BCUT2D eigenvalue weighted by molar-refractivity contribution is 7.89. The van der Waals surface area contributed by atoms with Gasteiger partial charge in [0.15, 0.2) is 0 Å². The van der Waals surface area contributed by atoms with Crippen LogP contribution in [0.5, 0.6) is 5.75 Å². The van der Waals surface area contributed by atoms with Crippen LogP contribution in [0, 0.1) is 5.92 Å². The van der Waals surface area contributed by atoms with Gasteiger partial charge in [0.1, 0.15) is 11.4 Å². The summed E-state index contributed by atoms with van der Waals surface area (Å²) in [6.07, 6.45) is -3.18. The summed E-state index contributed by atoms with van der Waals surface area (Å²) in [4.78, 5) is 27.7. The highest BCUT2D eigenvalue weighted by Gasteiger charge is 2.34. The molecule has 1 aliphatic heterocycles. The summed E-state index contributed by atoms with van der Waals surface area (Å²) in [6.45, 7) is -0.0298. The Labute approximate surface area is 181 Å². The van der Waals surface area contributed by atoms with Crippen molar-refractivity contribution in [3.63, 3.8) is 0 Å². The number of benzene rings is 1. The van der Waals surface area contributed by atoms with Crippen molar-refractivity contribution in [2.24, 2.45) is 5.92 Å². The van der Waals surface area contributed by atoms with E-state index in [4.69, 9.17) is 0 Å². The first-order valence-corrected chi connectivity index (χ1v) is 10.9. The fraction of sp³-hybridized carbons (Fsp3) is 0.316. The molecule has 172 valence electrons. The monoisotopic (exact) mass is 472 g/mol. The predicted octanol–water partition coefficient (Wildman–Crippen LogP) is 1.84. The molecule has 1 aromatic carbocycles. The van der Waals surface area contributed by atoms with E-state index in [1.54, 1.807) is 12.1 Å². The largest absolute Gasteiger partial charge is 0.573 e. The van der Waals surface area contributed by atoms with Gasteiger partial charge in [0, 0.05) is 31.3 Å². The SMILES string of the molecule is O=C(NNC(=O)C1CCN(S(=O)(=O)c2cccc(OC(F)(F)F)c2)CC1)c1ccccn1. The molecular weight excluding hydrogens is 453 g/mol. The van der Waals surface area contributed by atoms with Gasteiger partial charge < -0.3 is 4.74 Å². The number of hydrogen-bond donors (Lipinski definition) is 2. The number of carbonyl (C=O) groups is 2. The number of pyridine rings is 1. The molecule has 2 heterocycles. The summed E-state index contributed by atoms with van der Waals surface area (Å²) in [5.74, 6) is -2.27. The molecule has 3 rings (SSSR count). The van der Waals surface area contributed by atoms with Gasteiger partial charge in [-0.15, -0.1) is 13.2 Å². The van der Waals surface area contributed by atoms with Crippen molar-refractivity contribution in [3.05, 3.63) is 54.4 Å². The molecule has 2 N–H and O–H groups in total. The normalized spacial score (nSPS) is 15.7. The van der Waals surface area contributed by atoms with Crippen LogP contribution >= 0.6 is 0 Å². The number of nitrogens with zero attached hydrogens (tertiary/aromatic N) is 2. The summed E-state index contributed by atoms with van der Waals surface area (Å²) in [6, 6.07) is 8.85. The highest BCUT2D eigenvalue weighted by atomic mass is 32.2. The van der Waals surface area contributed by atoms with Gasteiger partial charge in [-0.1, -0.05) is 12.1 Å². The average molecular weight is 472 g/mol. The van der Waals surface area contributed by atoms with Crippen molar-refractivity contribution in [3.8, 4) is 5.75 Å². The number of halogens is 3. The molecule has 1 aromatic heterocycles. The van der Waals surface area contributed by atoms with Crippen molar-refractivity contribution in [1.82, 2.24) is 20.1 Å². The first kappa shape index (κ1) is 23.5. The molecule has 0 spiro atoms. The fourth-order valence-corrected chi connectivity index (χ4v) is 4.63. The number of hydrazine groups is 1. The fourth-order valence-electron chi connectivity index (χ4n) is 3.12. The van der Waals surface area contributed by atoms with Crippen LogP contribution in [0.25, 0.3) is 0 Å². The van der Waals surface area contributed by atoms with E-state index in [1.165, 1.54) is 18.3 Å². The lowest BCUT2D eigenvalue weighted by molar-refractivity contribution is -0.274. The second-order valence-electron chi connectivity index (χ2n) is 6.86. The molecule has 13 heteroatoms. The zero-order chi connectivity index (χ0) is 23.4. The molecule has 0 atom stereocenters. The Kier molecular flexibility index (Phi) is 6.99. The molecule has 9 nitrogen and oxygen atoms in total. The van der Waals surface area contributed by atoms with E-state index < -0.39 is 39.9 Å². The van der Waals surface area contributed by atoms with Crippen molar-refractivity contribution in [2.75, 3.05) is 13.1 Å². The van der Waals surface area contributed by atoms with Crippen LogP contribution in [0.1, 0.15) is 23.3 Å². The number of rotatable bonds is 5. The Morgan fingerprint density at radius 2 is 1.78 bits per heavy atom. The quantitative estimate of drug-likeness (QED) is 0.642. The van der Waals surface area contributed by atoms with E-state index in [2.05, 4.69) is 20.6 Å². The molecule has 0 bridgehead atoms. The zero-order valence-corrected chi connectivity index (χ0v) is 17.3. The van der Waals surface area contributed by atoms with Crippen LogP contribution in [0.4, 0.5) is 13.2 Å². The third-order valence-corrected chi connectivity index (χ3v) is 6.59. The molecule has 1 saturated heterocycles. The van der Waals surface area contributed by atoms with Crippen LogP contribution in [-0.2, 0) is 14.8 Å². The van der Waals surface area contributed by atoms with Gasteiger partial charge in [0.25, 0.3) is 5.91 Å². The van der Waals surface area contributed by atoms with Gasteiger partial charge in [-0.05, 0) is 37.1 Å². The third-order valence-electron chi connectivity index (χ3n) is 4.70. The molecule has 1 aliphatic rings. The van der Waals surface area contributed by atoms with E-state index in [9.17, 15) is 31.2 Å². The lowest BCUT2D eigenvalue weighted by Crippen LogP contribution is -2.48. The number of hydrogen-bond acceptors (Lipinski definition) is 6. The first-order valence-electron chi connectivity index (χ1n) is 9.43. The van der Waals surface area contributed by atoms with Crippen LogP contribution in [0.15, 0.2) is 53.6 Å². The van der Waals surface area contributed by atoms with Gasteiger partial charge in [-0.2, -0.15) is 4.31 Å². The summed E-state index contributed by atoms with van der Waals surface area (Å²) in [5, 5.41) is 0. The number of nitrogens with one attached hydrogen (secondary N) is 2. The summed E-state index contributed by atoms with van der Waals surface area (Å²) >= 11 is 0. The lowest BCUT2D eigenvalue weighted by Gasteiger charge is -2.30. The maximum atomic E-state index is 12.8. The van der Waals surface area contributed by atoms with E-state index in [0.717, 1.165) is 22.5 Å². The Hall–Kier alpha value is -3.19. The van der Waals surface area contributed by atoms with Gasteiger partial charge in [-0.25, -0.2) is 8.42 Å². The van der Waals surface area contributed by atoms with E-state index in [1.807, 2.05) is 0 Å². The molecule has 2 aromatic rings. The predicted molar refractivity (Wildman–Crippen MR) is 104 cm³/mol. The van der Waals surface area contributed by atoms with Gasteiger partial charge in [-0.3, -0.25) is 25.4 Å². The smallest absolute Gasteiger partial charge is 0.406 e. The van der Waals surface area contributed by atoms with Crippen molar-refractivity contribution in [2.45, 2.75) is 24.1 Å². The topological polar surface area (TPSA) is 118 Å². The van der Waals surface area contributed by atoms with E-state index >= 15 is 0 Å². The molecule has 1 fully saturated rings. The standard InChI is InChI=1S/C19H19F3N4O5S/c20-19(21,22)31-14-4-3-5-15(12-14)32(29,30)26-10-7-13(8-11-26)17(27)24-25-18(28)16-6-1-2-9-23-16/h1-6,9,12-13H,7-8,10-11H2,(H,24,27)(H,25,28). The minimum atomic E-state index is -4.94. The Morgan fingerprint density at radius 3 is 2.41 bits per heavy atom. The molecule has 32 heavy (non-hydrogen) atoms. The molecule has 0 unspecified atom stereocenters. The van der Waals surface area contributed by atoms with Crippen LogP contribution in [0.3, 0.4) is 0 Å². The zero-order valence-electron chi connectivity index (χ0n) is 16.5. The van der Waals surface area contributed by atoms with Crippen LogP contribution < -0.4 is 15.6 Å². The summed E-state index contributed by atoms with van der Waals surface area (Å²) in [5.41, 5.74) is 4.66. The van der Waals surface area contributed by atoms with Crippen molar-refractivity contribution in [1.29, 1.82) is 0 Å². The molecule has 0 radical (unpaired) electrons. The number of carbonyl (C=O) groups excluding carboxylic acids is 2. The molecule has 0 saturated carbocycles. The van der Waals surface area contributed by atoms with Gasteiger partial charge in [0.05, 0.1) is 4.90 Å². The number of amides is 2. The Balaban J connectivity index is 1.56. The maximum absolute atomic E-state index is 12.8. The minimum Gasteiger partial charge on any atom is -0.406 e. The number of ether oxygens (including phenoxy) is 1. The number of alkyl halides is 3. The van der Waals surface area contributed by atoms with E-state index in [-0.39, 0.29) is 36.5 Å². The Morgan fingerprint density at radius 1 is 1.06 bits per heavy atom. The second-order valence-corrected chi connectivity index (χ2v) is 8.80. The van der Waals surface area contributed by atoms with Gasteiger partial charge in [0.2, 0.25) is 15.9 Å². The van der Waals surface area contributed by atoms with Crippen LogP contribution in [-0.4, -0.2) is 49.0 Å². The highest BCUT2D eigenvalue weighted by Crippen LogP contribution is 2.28. The lowest BCUT2D eigenvalue weighted by atomic mass is 9.98. The molecular formula is C19H19F3N4O5S. The number of aromatic nitrogens is 1. The van der Waals surface area contributed by atoms with Crippen molar-refractivity contribution < 1.29 is 35.9 Å². The maximum Gasteiger partial charge on any atom is 0.573 e. The summed E-state index contributed by atoms with van der Waals surface area (Å²) < 4.78 is 67.6. The number of sulfonamides is 1. The second kappa shape index (κ2) is 9.53. The summed E-state index contributed by atoms with van der Waals surface area (Å²) in [7, 11) is -4.07.